The van der Waals surface area contributed by atoms with E-state index in [0.717, 1.165) is 29.5 Å². The van der Waals surface area contributed by atoms with Crippen molar-refractivity contribution in [1.82, 2.24) is 9.97 Å². The fourth-order valence-corrected chi connectivity index (χ4v) is 3.63. The molecule has 1 saturated carbocycles. The molecule has 4 nitrogen and oxygen atoms in total. The van der Waals surface area contributed by atoms with E-state index < -0.39 is 0 Å². The number of rotatable bonds is 8. The van der Waals surface area contributed by atoms with Crippen LogP contribution >= 0.6 is 0 Å². The zero-order valence-corrected chi connectivity index (χ0v) is 17.5. The molecule has 0 N–H and O–H groups in total. The molecule has 4 heteroatoms. The van der Waals surface area contributed by atoms with Gasteiger partial charge < -0.3 is 0 Å². The lowest BCUT2D eigenvalue weighted by atomic mass is 9.86. The van der Waals surface area contributed by atoms with Gasteiger partial charge in [0.1, 0.15) is 6.33 Å². The van der Waals surface area contributed by atoms with Crippen LogP contribution in [0.3, 0.4) is 0 Å². The van der Waals surface area contributed by atoms with Gasteiger partial charge in [0.05, 0.1) is 5.57 Å². The van der Waals surface area contributed by atoms with E-state index in [2.05, 4.69) is 9.97 Å². The van der Waals surface area contributed by atoms with Gasteiger partial charge in [0, 0.05) is 30.0 Å². The van der Waals surface area contributed by atoms with Crippen molar-refractivity contribution < 1.29 is 9.59 Å². The summed E-state index contributed by atoms with van der Waals surface area (Å²) in [6.45, 7) is 2.00. The van der Waals surface area contributed by atoms with E-state index >= 15 is 0 Å². The van der Waals surface area contributed by atoms with Crippen molar-refractivity contribution in [3.05, 3.63) is 107 Å². The van der Waals surface area contributed by atoms with Gasteiger partial charge in [0.2, 0.25) is 0 Å². The van der Waals surface area contributed by atoms with Crippen molar-refractivity contribution in [3.63, 3.8) is 0 Å². The van der Waals surface area contributed by atoms with Gasteiger partial charge >= 0.3 is 0 Å². The Morgan fingerprint density at radius 3 is 2.32 bits per heavy atom. The number of hydrogen-bond donors (Lipinski definition) is 0. The summed E-state index contributed by atoms with van der Waals surface area (Å²) in [6.07, 6.45) is 10.3. The van der Waals surface area contributed by atoms with Gasteiger partial charge in [-0.15, -0.1) is 0 Å². The maximum absolute atomic E-state index is 13.5. The number of carbonyl (C=O) groups is 2. The molecule has 1 aliphatic carbocycles. The Bertz CT molecular complexity index is 1140. The summed E-state index contributed by atoms with van der Waals surface area (Å²) in [6, 6.07) is 17.6. The summed E-state index contributed by atoms with van der Waals surface area (Å²) >= 11 is 0. The largest absolute Gasteiger partial charge is 0.294 e. The first-order valence-electron chi connectivity index (χ1n) is 10.5. The second-order valence-electron chi connectivity index (χ2n) is 7.87. The van der Waals surface area contributed by atoms with E-state index in [1.54, 1.807) is 18.5 Å². The molecule has 0 radical (unpaired) electrons. The summed E-state index contributed by atoms with van der Waals surface area (Å²) in [5.74, 6) is -0.00382. The summed E-state index contributed by atoms with van der Waals surface area (Å²) in [7, 11) is 0. The lowest BCUT2D eigenvalue weighted by molar-refractivity contribution is -0.119. The van der Waals surface area contributed by atoms with Crippen LogP contribution in [0.4, 0.5) is 0 Å². The molecule has 1 fully saturated rings. The third kappa shape index (κ3) is 5.10. The normalized spacial score (nSPS) is 14.4. The summed E-state index contributed by atoms with van der Waals surface area (Å²) < 4.78 is 0. The minimum absolute atomic E-state index is 0.0939. The molecular formula is C27H24N2O2. The van der Waals surface area contributed by atoms with Crippen LogP contribution in [0.15, 0.2) is 85.0 Å². The van der Waals surface area contributed by atoms with E-state index in [9.17, 15) is 9.59 Å². The number of aromatic nitrogens is 2. The van der Waals surface area contributed by atoms with Gasteiger partial charge in [-0.25, -0.2) is 9.97 Å². The van der Waals surface area contributed by atoms with Crippen LogP contribution in [0, 0.1) is 12.8 Å². The predicted octanol–water partition coefficient (Wildman–Crippen LogP) is 5.24. The zero-order valence-electron chi connectivity index (χ0n) is 17.5. The molecule has 0 spiro atoms. The van der Waals surface area contributed by atoms with Crippen LogP contribution in [0.2, 0.25) is 0 Å². The molecule has 1 aliphatic rings. The number of aryl methyl sites for hydroxylation is 1. The minimum atomic E-state index is -0.295. The number of nitrogens with zero attached hydrogens (tertiary/aromatic N) is 2. The van der Waals surface area contributed by atoms with Crippen molar-refractivity contribution in [1.29, 1.82) is 0 Å². The van der Waals surface area contributed by atoms with E-state index in [0.29, 0.717) is 23.5 Å². The van der Waals surface area contributed by atoms with Gasteiger partial charge in [-0.3, -0.25) is 9.59 Å². The van der Waals surface area contributed by atoms with Gasteiger partial charge in [-0.1, -0.05) is 54.6 Å². The SMILES string of the molecule is Cc1ccccc1/C(=C(/C(=O)/C=C/c1cncnc1)C(=O)CC1CC1)c1ccccc1. The zero-order chi connectivity index (χ0) is 21.6. The monoisotopic (exact) mass is 408 g/mol. The Balaban J connectivity index is 1.87. The lowest BCUT2D eigenvalue weighted by Crippen LogP contribution is -2.15. The van der Waals surface area contributed by atoms with Gasteiger partial charge in [0.15, 0.2) is 11.6 Å². The van der Waals surface area contributed by atoms with E-state index in [4.69, 9.17) is 0 Å². The van der Waals surface area contributed by atoms with Crippen LogP contribution < -0.4 is 0 Å². The Hall–Kier alpha value is -3.66. The predicted molar refractivity (Wildman–Crippen MR) is 122 cm³/mol. The quantitative estimate of drug-likeness (QED) is 0.291. The first-order valence-corrected chi connectivity index (χ1v) is 10.5. The molecule has 2 aromatic carbocycles. The number of ketones is 2. The Kier molecular flexibility index (Phi) is 6.27. The first-order chi connectivity index (χ1) is 15.1. The fraction of sp³-hybridized carbons (Fsp3) is 0.185. The number of benzene rings is 2. The van der Waals surface area contributed by atoms with Crippen LogP contribution in [-0.2, 0) is 9.59 Å². The molecule has 4 rings (SSSR count). The first kappa shape index (κ1) is 20.6. The lowest BCUT2D eigenvalue weighted by Gasteiger charge is -2.16. The molecule has 154 valence electrons. The molecule has 3 aromatic rings. The Morgan fingerprint density at radius 1 is 0.968 bits per heavy atom. The second-order valence-corrected chi connectivity index (χ2v) is 7.87. The van der Waals surface area contributed by atoms with Crippen LogP contribution in [0.5, 0.6) is 0 Å². The number of Topliss-reactive ketones (excluding diaryl/α,β-unsaturated/α-hetero) is 1. The van der Waals surface area contributed by atoms with Crippen molar-refractivity contribution in [2.75, 3.05) is 0 Å². The molecule has 0 amide bonds. The smallest absolute Gasteiger partial charge is 0.190 e. The molecule has 0 aliphatic heterocycles. The average Bonchev–Trinajstić information content (AvgIpc) is 3.61. The van der Waals surface area contributed by atoms with Gasteiger partial charge in [0.25, 0.3) is 0 Å². The highest BCUT2D eigenvalue weighted by Crippen LogP contribution is 2.36. The highest BCUT2D eigenvalue weighted by molar-refractivity contribution is 6.30. The highest BCUT2D eigenvalue weighted by atomic mass is 16.1. The molecule has 0 saturated heterocycles. The molecular weight excluding hydrogens is 384 g/mol. The van der Waals surface area contributed by atoms with E-state index in [1.807, 2.05) is 61.5 Å². The molecule has 0 unspecified atom stereocenters. The average molecular weight is 409 g/mol. The number of hydrogen-bond acceptors (Lipinski definition) is 4. The molecule has 1 aromatic heterocycles. The van der Waals surface area contributed by atoms with E-state index in [-0.39, 0.29) is 17.1 Å². The summed E-state index contributed by atoms with van der Waals surface area (Å²) in [5, 5.41) is 0. The Morgan fingerprint density at radius 2 is 1.65 bits per heavy atom. The second kappa shape index (κ2) is 9.43. The third-order valence-electron chi connectivity index (χ3n) is 5.43. The van der Waals surface area contributed by atoms with Crippen LogP contribution in [0.25, 0.3) is 11.6 Å². The van der Waals surface area contributed by atoms with Crippen molar-refractivity contribution in [3.8, 4) is 0 Å². The molecule has 31 heavy (non-hydrogen) atoms. The van der Waals surface area contributed by atoms with E-state index in [1.165, 1.54) is 12.4 Å². The number of allylic oxidation sites excluding steroid dienone is 2. The maximum atomic E-state index is 13.5. The third-order valence-corrected chi connectivity index (χ3v) is 5.43. The highest BCUT2D eigenvalue weighted by Gasteiger charge is 2.30. The van der Waals surface area contributed by atoms with Gasteiger partial charge in [-0.2, -0.15) is 0 Å². The van der Waals surface area contributed by atoms with Crippen molar-refractivity contribution >= 4 is 23.2 Å². The fourth-order valence-electron chi connectivity index (χ4n) is 3.63. The molecule has 0 bridgehead atoms. The van der Waals surface area contributed by atoms with Crippen LogP contribution in [0.1, 0.15) is 41.5 Å². The maximum Gasteiger partial charge on any atom is 0.190 e. The topological polar surface area (TPSA) is 59.9 Å². The Labute approximate surface area is 182 Å². The van der Waals surface area contributed by atoms with Crippen molar-refractivity contribution in [2.24, 2.45) is 5.92 Å². The molecule has 0 atom stereocenters. The minimum Gasteiger partial charge on any atom is -0.294 e. The van der Waals surface area contributed by atoms with Crippen LogP contribution in [-0.4, -0.2) is 21.5 Å². The summed E-state index contributed by atoms with van der Waals surface area (Å²) in [4.78, 5) is 34.8. The van der Waals surface area contributed by atoms with Crippen molar-refractivity contribution in [2.45, 2.75) is 26.2 Å². The molecule has 1 heterocycles. The summed E-state index contributed by atoms with van der Waals surface area (Å²) in [5.41, 5.74) is 4.44. The standard InChI is InChI=1S/C27H24N2O2/c1-19-7-5-6-10-23(19)26(22-8-3-2-4-9-22)27(25(31)15-20-11-12-20)24(30)14-13-21-16-28-18-29-17-21/h2-10,13-14,16-18,20H,11-12,15H2,1H3/b14-13+,27-26-. The van der Waals surface area contributed by atoms with Gasteiger partial charge in [-0.05, 0) is 54.5 Å². The number of carbonyl (C=O) groups excluding carboxylic acids is 2.